The van der Waals surface area contributed by atoms with E-state index in [9.17, 15) is 9.59 Å². The van der Waals surface area contributed by atoms with Gasteiger partial charge in [-0.15, -0.1) is 0 Å². The van der Waals surface area contributed by atoms with E-state index in [-0.39, 0.29) is 11.5 Å². The Bertz CT molecular complexity index is 1040. The summed E-state index contributed by atoms with van der Waals surface area (Å²) in [5.74, 6) is 0.596. The van der Waals surface area contributed by atoms with Crippen LogP contribution in [0.3, 0.4) is 0 Å². The van der Waals surface area contributed by atoms with Gasteiger partial charge in [0, 0.05) is 12.1 Å². The lowest BCUT2D eigenvalue weighted by Crippen LogP contribution is -2.55. The Labute approximate surface area is 150 Å². The van der Waals surface area contributed by atoms with E-state index in [4.69, 9.17) is 0 Å². The third-order valence-electron chi connectivity index (χ3n) is 4.72. The highest BCUT2D eigenvalue weighted by Gasteiger charge is 2.32. The predicted molar refractivity (Wildman–Crippen MR) is 101 cm³/mol. The number of amides is 1. The van der Waals surface area contributed by atoms with Crippen molar-refractivity contribution in [2.75, 3.05) is 5.32 Å². The molecule has 0 saturated carbocycles. The van der Waals surface area contributed by atoms with Crippen LogP contribution in [-0.2, 0) is 6.42 Å². The number of aromatic nitrogens is 2. The van der Waals surface area contributed by atoms with E-state index in [1.54, 1.807) is 12.1 Å². The molecule has 1 aliphatic rings. The van der Waals surface area contributed by atoms with Gasteiger partial charge in [-0.05, 0) is 44.0 Å². The molecule has 0 aliphatic carbocycles. The molecule has 3 N–H and O–H groups in total. The average Bonchev–Trinajstić information content (AvgIpc) is 2.61. The van der Waals surface area contributed by atoms with Gasteiger partial charge in [-0.3, -0.25) is 9.59 Å². The standard InChI is InChI=1S/C20H20N4O2/c1-20(23-16-10-5-3-8-14(16)19(26)24-20)12-6-11-17-21-15-9-4-2-7-13(15)18(25)22-17/h2-5,7-10,23H,6,11-12H2,1H3,(H,24,26)(H,21,22,25). The molecule has 1 atom stereocenters. The second-order valence-corrected chi connectivity index (χ2v) is 6.84. The molecule has 1 aromatic heterocycles. The van der Waals surface area contributed by atoms with Crippen molar-refractivity contribution in [2.24, 2.45) is 0 Å². The number of benzene rings is 2. The molecular weight excluding hydrogens is 328 g/mol. The number of hydrogen-bond donors (Lipinski definition) is 3. The number of carbonyl (C=O) groups is 1. The summed E-state index contributed by atoms with van der Waals surface area (Å²) < 4.78 is 0. The molecule has 6 nitrogen and oxygen atoms in total. The molecule has 132 valence electrons. The van der Waals surface area contributed by atoms with Crippen LogP contribution in [0, 0.1) is 0 Å². The van der Waals surface area contributed by atoms with Crippen LogP contribution in [-0.4, -0.2) is 21.5 Å². The van der Waals surface area contributed by atoms with Crippen LogP contribution in [0.25, 0.3) is 10.9 Å². The van der Waals surface area contributed by atoms with Crippen molar-refractivity contribution in [3.05, 3.63) is 70.3 Å². The zero-order valence-corrected chi connectivity index (χ0v) is 14.5. The van der Waals surface area contributed by atoms with Gasteiger partial charge in [-0.25, -0.2) is 4.98 Å². The summed E-state index contributed by atoms with van der Waals surface area (Å²) in [6.45, 7) is 1.97. The average molecular weight is 348 g/mol. The molecule has 2 heterocycles. The molecule has 1 amide bonds. The molecule has 2 aromatic carbocycles. The van der Waals surface area contributed by atoms with E-state index >= 15 is 0 Å². The third-order valence-corrected chi connectivity index (χ3v) is 4.72. The van der Waals surface area contributed by atoms with E-state index in [1.165, 1.54) is 0 Å². The van der Waals surface area contributed by atoms with Crippen molar-refractivity contribution >= 4 is 22.5 Å². The monoisotopic (exact) mass is 348 g/mol. The number of fused-ring (bicyclic) bond motifs is 2. The van der Waals surface area contributed by atoms with Gasteiger partial charge in [0.05, 0.1) is 16.5 Å². The van der Waals surface area contributed by atoms with Crippen molar-refractivity contribution in [1.29, 1.82) is 0 Å². The summed E-state index contributed by atoms with van der Waals surface area (Å²) in [7, 11) is 0. The van der Waals surface area contributed by atoms with Crippen LogP contribution in [0.2, 0.25) is 0 Å². The molecule has 1 aliphatic heterocycles. The van der Waals surface area contributed by atoms with Crippen molar-refractivity contribution < 1.29 is 4.79 Å². The molecule has 0 bridgehead atoms. The summed E-state index contributed by atoms with van der Waals surface area (Å²) in [6.07, 6.45) is 2.12. The minimum Gasteiger partial charge on any atom is -0.362 e. The maximum absolute atomic E-state index is 12.3. The van der Waals surface area contributed by atoms with Gasteiger partial charge in [-0.1, -0.05) is 24.3 Å². The largest absolute Gasteiger partial charge is 0.362 e. The predicted octanol–water partition coefficient (Wildman–Crippen LogP) is 2.82. The van der Waals surface area contributed by atoms with Gasteiger partial charge in [0.25, 0.3) is 11.5 Å². The first kappa shape index (κ1) is 16.3. The lowest BCUT2D eigenvalue weighted by atomic mass is 9.98. The topological polar surface area (TPSA) is 86.9 Å². The normalized spacial score (nSPS) is 18.9. The first-order valence-electron chi connectivity index (χ1n) is 8.72. The van der Waals surface area contributed by atoms with Crippen molar-refractivity contribution in [2.45, 2.75) is 31.8 Å². The second-order valence-electron chi connectivity index (χ2n) is 6.84. The highest BCUT2D eigenvalue weighted by Crippen LogP contribution is 2.27. The van der Waals surface area contributed by atoms with Gasteiger partial charge < -0.3 is 15.6 Å². The molecule has 4 rings (SSSR count). The van der Waals surface area contributed by atoms with Crippen LogP contribution in [0.5, 0.6) is 0 Å². The first-order chi connectivity index (χ1) is 12.5. The number of carbonyl (C=O) groups excluding carboxylic acids is 1. The van der Waals surface area contributed by atoms with Gasteiger partial charge in [-0.2, -0.15) is 0 Å². The van der Waals surface area contributed by atoms with Crippen molar-refractivity contribution in [3.63, 3.8) is 0 Å². The Balaban J connectivity index is 1.47. The van der Waals surface area contributed by atoms with Crippen LogP contribution in [0.1, 0.15) is 35.9 Å². The van der Waals surface area contributed by atoms with Gasteiger partial charge in [0.1, 0.15) is 11.5 Å². The molecule has 0 spiro atoms. The smallest absolute Gasteiger partial charge is 0.258 e. The van der Waals surface area contributed by atoms with Crippen LogP contribution >= 0.6 is 0 Å². The van der Waals surface area contributed by atoms with Crippen molar-refractivity contribution in [3.8, 4) is 0 Å². The van der Waals surface area contributed by atoms with E-state index in [1.807, 2.05) is 43.3 Å². The van der Waals surface area contributed by atoms with Gasteiger partial charge >= 0.3 is 0 Å². The molecule has 6 heteroatoms. The number of para-hydroxylation sites is 2. The number of nitrogens with one attached hydrogen (secondary N) is 3. The number of anilines is 1. The van der Waals surface area contributed by atoms with E-state index in [0.29, 0.717) is 35.1 Å². The number of aryl methyl sites for hydroxylation is 1. The third kappa shape index (κ3) is 3.06. The van der Waals surface area contributed by atoms with Crippen LogP contribution in [0.15, 0.2) is 53.3 Å². The summed E-state index contributed by atoms with van der Waals surface area (Å²) in [6, 6.07) is 14.8. The molecule has 0 saturated heterocycles. The molecule has 3 aromatic rings. The summed E-state index contributed by atoms with van der Waals surface area (Å²) in [5, 5.41) is 7.04. The Morgan fingerprint density at radius 2 is 1.77 bits per heavy atom. The zero-order valence-electron chi connectivity index (χ0n) is 14.5. The zero-order chi connectivity index (χ0) is 18.1. The minimum absolute atomic E-state index is 0.0703. The summed E-state index contributed by atoms with van der Waals surface area (Å²) in [5.41, 5.74) is 1.56. The molecule has 0 fully saturated rings. The first-order valence-corrected chi connectivity index (χ1v) is 8.72. The van der Waals surface area contributed by atoms with Crippen LogP contribution in [0.4, 0.5) is 5.69 Å². The Morgan fingerprint density at radius 3 is 2.65 bits per heavy atom. The number of rotatable bonds is 4. The minimum atomic E-state index is -0.525. The fourth-order valence-corrected chi connectivity index (χ4v) is 3.42. The van der Waals surface area contributed by atoms with E-state index in [0.717, 1.165) is 12.1 Å². The molecule has 26 heavy (non-hydrogen) atoms. The maximum Gasteiger partial charge on any atom is 0.258 e. The Hall–Kier alpha value is -3.15. The van der Waals surface area contributed by atoms with Gasteiger partial charge in [0.15, 0.2) is 0 Å². The van der Waals surface area contributed by atoms with Gasteiger partial charge in [0.2, 0.25) is 0 Å². The molecular formula is C20H20N4O2. The molecule has 0 radical (unpaired) electrons. The summed E-state index contributed by atoms with van der Waals surface area (Å²) in [4.78, 5) is 31.8. The fourth-order valence-electron chi connectivity index (χ4n) is 3.42. The number of H-pyrrole nitrogens is 1. The Kier molecular flexibility index (Phi) is 3.95. The van der Waals surface area contributed by atoms with Crippen LogP contribution < -0.4 is 16.2 Å². The van der Waals surface area contributed by atoms with E-state index < -0.39 is 5.66 Å². The number of aromatic amines is 1. The quantitative estimate of drug-likeness (QED) is 0.677. The Morgan fingerprint density at radius 1 is 1.00 bits per heavy atom. The molecule has 1 unspecified atom stereocenters. The van der Waals surface area contributed by atoms with Crippen molar-refractivity contribution in [1.82, 2.24) is 15.3 Å². The fraction of sp³-hybridized carbons (Fsp3) is 0.250. The number of nitrogens with zero attached hydrogens (tertiary/aromatic N) is 1. The highest BCUT2D eigenvalue weighted by molar-refractivity contribution is 6.02. The number of hydrogen-bond acceptors (Lipinski definition) is 4. The lowest BCUT2D eigenvalue weighted by Gasteiger charge is -2.37. The highest BCUT2D eigenvalue weighted by atomic mass is 16.2. The second kappa shape index (κ2) is 6.29. The maximum atomic E-state index is 12.3. The SMILES string of the molecule is CC1(CCCc2nc3ccccc3c(=O)[nH]2)NC(=O)c2ccccc2N1. The van der Waals surface area contributed by atoms with E-state index in [2.05, 4.69) is 20.6 Å². The summed E-state index contributed by atoms with van der Waals surface area (Å²) >= 11 is 0. The lowest BCUT2D eigenvalue weighted by molar-refractivity contribution is 0.0902.